The van der Waals surface area contributed by atoms with Crippen LogP contribution in [-0.2, 0) is 20.7 Å². The lowest BCUT2D eigenvalue weighted by molar-refractivity contribution is -0.128. The number of benzene rings is 1. The van der Waals surface area contributed by atoms with Gasteiger partial charge in [0.2, 0.25) is 11.8 Å². The van der Waals surface area contributed by atoms with E-state index in [1.54, 1.807) is 28.2 Å². The first-order valence-corrected chi connectivity index (χ1v) is 14.2. The van der Waals surface area contributed by atoms with E-state index in [-0.39, 0.29) is 54.9 Å². The van der Waals surface area contributed by atoms with Crippen LogP contribution in [0.4, 0.5) is 0 Å². The lowest BCUT2D eigenvalue weighted by Gasteiger charge is -2.30. The molecule has 0 fully saturated rings. The van der Waals surface area contributed by atoms with Gasteiger partial charge in [0.1, 0.15) is 0 Å². The number of hydrogen-bond donors (Lipinski definition) is 4. The van der Waals surface area contributed by atoms with Crippen molar-refractivity contribution in [1.82, 2.24) is 10.6 Å². The maximum atomic E-state index is 13.0. The van der Waals surface area contributed by atoms with Crippen molar-refractivity contribution < 1.29 is 28.9 Å². The molecule has 0 aliphatic rings. The maximum Gasteiger partial charge on any atom is 0.223 e. The van der Waals surface area contributed by atoms with E-state index < -0.39 is 18.1 Å². The Morgan fingerprint density at radius 2 is 1.68 bits per heavy atom. The van der Waals surface area contributed by atoms with Crippen LogP contribution < -0.4 is 25.8 Å². The first-order valence-electron chi connectivity index (χ1n) is 14.2. The van der Waals surface area contributed by atoms with Gasteiger partial charge in [-0.25, -0.2) is 0 Å². The predicted octanol–water partition coefficient (Wildman–Crippen LogP) is 3.73. The second-order valence-corrected chi connectivity index (χ2v) is 11.2. The average molecular weight is 588 g/mol. The number of aliphatic hydroxyl groups excluding tert-OH is 1. The number of carbonyl (C=O) groups excluding carboxylic acids is 2. The molecule has 5 N–H and O–H groups in total. The van der Waals surface area contributed by atoms with Crippen molar-refractivity contribution in [1.29, 1.82) is 0 Å². The average Bonchev–Trinajstić information content (AvgIpc) is 2.88. The molecule has 40 heavy (non-hydrogen) atoms. The Bertz CT molecular complexity index is 870. The molecule has 0 radical (unpaired) electrons. The highest BCUT2D eigenvalue weighted by Crippen LogP contribution is 2.31. The SMILES string of the molecule is CNC(=O)CC(C)NC(=O)[C@@H](C[C@H](O)[C@@H](N)C[C@H](Cc1ccc(OC)c(OCCCOC)c1)C(C)C)C(C)C.Cl. The molecule has 2 amide bonds. The Kier molecular flexibility index (Phi) is 18.9. The van der Waals surface area contributed by atoms with Crippen LogP contribution in [0.25, 0.3) is 0 Å². The summed E-state index contributed by atoms with van der Waals surface area (Å²) in [5.74, 6) is 1.27. The van der Waals surface area contributed by atoms with Crippen LogP contribution in [0.15, 0.2) is 18.2 Å². The minimum atomic E-state index is -0.825. The molecule has 0 saturated heterocycles. The molecule has 5 atom stereocenters. The first-order chi connectivity index (χ1) is 18.4. The van der Waals surface area contributed by atoms with Gasteiger partial charge in [-0.3, -0.25) is 9.59 Å². The first kappa shape index (κ1) is 37.9. The van der Waals surface area contributed by atoms with E-state index in [2.05, 4.69) is 24.5 Å². The van der Waals surface area contributed by atoms with Gasteiger partial charge in [-0.15, -0.1) is 12.4 Å². The van der Waals surface area contributed by atoms with Crippen LogP contribution in [0.2, 0.25) is 0 Å². The second-order valence-electron chi connectivity index (χ2n) is 11.2. The van der Waals surface area contributed by atoms with Crippen LogP contribution in [0.1, 0.15) is 65.9 Å². The number of halogens is 1. The molecule has 1 rings (SSSR count). The van der Waals surface area contributed by atoms with Crippen LogP contribution in [0.5, 0.6) is 11.5 Å². The third-order valence-electron chi connectivity index (χ3n) is 7.28. The van der Waals surface area contributed by atoms with Crippen molar-refractivity contribution in [3.05, 3.63) is 23.8 Å². The van der Waals surface area contributed by atoms with Crippen molar-refractivity contribution in [3.8, 4) is 11.5 Å². The van der Waals surface area contributed by atoms with Gasteiger partial charge in [0.05, 0.1) is 19.8 Å². The second kappa shape index (κ2) is 19.9. The Morgan fingerprint density at radius 1 is 1.00 bits per heavy atom. The van der Waals surface area contributed by atoms with E-state index in [0.717, 1.165) is 18.4 Å². The molecular formula is C30H54ClN3O6. The number of methoxy groups -OCH3 is 2. The third kappa shape index (κ3) is 13.5. The Morgan fingerprint density at radius 3 is 2.23 bits per heavy atom. The topological polar surface area (TPSA) is 132 Å². The van der Waals surface area contributed by atoms with Crippen molar-refractivity contribution in [3.63, 3.8) is 0 Å². The van der Waals surface area contributed by atoms with Gasteiger partial charge in [0.25, 0.3) is 0 Å². The number of ether oxygens (including phenoxy) is 3. The predicted molar refractivity (Wildman–Crippen MR) is 162 cm³/mol. The summed E-state index contributed by atoms with van der Waals surface area (Å²) >= 11 is 0. The zero-order valence-corrected chi connectivity index (χ0v) is 26.5. The fraction of sp³-hybridized carbons (Fsp3) is 0.733. The van der Waals surface area contributed by atoms with Crippen molar-refractivity contribution in [2.75, 3.05) is 34.5 Å². The molecule has 0 saturated carbocycles. The maximum absolute atomic E-state index is 13.0. The monoisotopic (exact) mass is 587 g/mol. The molecule has 0 spiro atoms. The highest BCUT2D eigenvalue weighted by atomic mass is 35.5. The highest BCUT2D eigenvalue weighted by Gasteiger charge is 2.30. The number of carbonyl (C=O) groups is 2. The number of hydrogen-bond acceptors (Lipinski definition) is 7. The smallest absolute Gasteiger partial charge is 0.223 e. The van der Waals surface area contributed by atoms with Gasteiger partial charge in [-0.05, 0) is 61.6 Å². The van der Waals surface area contributed by atoms with E-state index in [1.165, 1.54) is 0 Å². The van der Waals surface area contributed by atoms with Gasteiger partial charge >= 0.3 is 0 Å². The fourth-order valence-electron chi connectivity index (χ4n) is 4.64. The van der Waals surface area contributed by atoms with E-state index in [1.807, 2.05) is 32.0 Å². The molecule has 9 nitrogen and oxygen atoms in total. The molecule has 0 aliphatic heterocycles. The van der Waals surface area contributed by atoms with E-state index in [4.69, 9.17) is 19.9 Å². The van der Waals surface area contributed by atoms with E-state index in [0.29, 0.717) is 37.1 Å². The lowest BCUT2D eigenvalue weighted by Crippen LogP contribution is -2.45. The number of nitrogens with two attached hydrogens (primary N) is 1. The summed E-state index contributed by atoms with van der Waals surface area (Å²) in [6.45, 7) is 11.2. The van der Waals surface area contributed by atoms with Gasteiger partial charge in [-0.1, -0.05) is 33.8 Å². The Labute approximate surface area is 247 Å². The van der Waals surface area contributed by atoms with Crippen LogP contribution in [-0.4, -0.2) is 69.6 Å². The summed E-state index contributed by atoms with van der Waals surface area (Å²) in [7, 11) is 4.87. The quantitative estimate of drug-likeness (QED) is 0.181. The fourth-order valence-corrected chi connectivity index (χ4v) is 4.64. The van der Waals surface area contributed by atoms with E-state index in [9.17, 15) is 14.7 Å². The molecular weight excluding hydrogens is 534 g/mol. The summed E-state index contributed by atoms with van der Waals surface area (Å²) in [6.07, 6.45) is 1.83. The van der Waals surface area contributed by atoms with Crippen molar-refractivity contribution >= 4 is 24.2 Å². The molecule has 0 heterocycles. The van der Waals surface area contributed by atoms with Crippen molar-refractivity contribution in [2.24, 2.45) is 29.4 Å². The number of nitrogens with one attached hydrogen (secondary N) is 2. The molecule has 10 heteroatoms. The van der Waals surface area contributed by atoms with Crippen LogP contribution >= 0.6 is 12.4 Å². The normalized spacial score (nSPS) is 15.0. The number of amides is 2. The summed E-state index contributed by atoms with van der Waals surface area (Å²) < 4.78 is 16.5. The van der Waals surface area contributed by atoms with Crippen LogP contribution in [0.3, 0.4) is 0 Å². The molecule has 1 aromatic carbocycles. The number of aliphatic hydroxyl groups is 1. The standard InChI is InChI=1S/C30H53N3O6.ClH/c1-19(2)23(15-22-10-11-27(38-8)28(16-22)39-13-9-12-37-7)17-25(31)26(34)18-24(20(3)4)30(36)33-21(5)14-29(35)32-6;/h10-11,16,19-21,23-26,34H,9,12-15,17-18,31H2,1-8H3,(H,32,35)(H,33,36);1H/t21?,23-,24-,25-,26-;/m0./s1. The summed E-state index contributed by atoms with van der Waals surface area (Å²) in [5.41, 5.74) is 7.64. The lowest BCUT2D eigenvalue weighted by atomic mass is 9.80. The van der Waals surface area contributed by atoms with Gasteiger partial charge in [-0.2, -0.15) is 0 Å². The van der Waals surface area contributed by atoms with Crippen molar-refractivity contribution in [2.45, 2.75) is 84.9 Å². The summed E-state index contributed by atoms with van der Waals surface area (Å²) in [4.78, 5) is 24.6. The molecule has 232 valence electrons. The van der Waals surface area contributed by atoms with E-state index >= 15 is 0 Å². The minimum absolute atomic E-state index is 0. The summed E-state index contributed by atoms with van der Waals surface area (Å²) in [5, 5.41) is 16.5. The zero-order valence-electron chi connectivity index (χ0n) is 25.7. The number of rotatable bonds is 19. The highest BCUT2D eigenvalue weighted by molar-refractivity contribution is 5.85. The zero-order chi connectivity index (χ0) is 29.5. The molecule has 0 aliphatic carbocycles. The largest absolute Gasteiger partial charge is 0.493 e. The minimum Gasteiger partial charge on any atom is -0.493 e. The third-order valence-corrected chi connectivity index (χ3v) is 7.28. The molecule has 1 unspecified atom stereocenters. The Hall–Kier alpha value is -2.07. The van der Waals surface area contributed by atoms with Gasteiger partial charge < -0.3 is 35.7 Å². The summed E-state index contributed by atoms with van der Waals surface area (Å²) in [6, 6.07) is 5.20. The van der Waals surface area contributed by atoms with Gasteiger partial charge in [0, 0.05) is 51.6 Å². The van der Waals surface area contributed by atoms with Gasteiger partial charge in [0.15, 0.2) is 11.5 Å². The van der Waals surface area contributed by atoms with Crippen LogP contribution in [0, 0.1) is 23.7 Å². The Balaban J connectivity index is 0.0000152. The molecule has 1 aromatic rings. The molecule has 0 aromatic heterocycles. The molecule has 0 bridgehead atoms.